The molecule has 0 fully saturated rings. The van der Waals surface area contributed by atoms with E-state index in [1.165, 1.54) is 6.20 Å². The summed E-state index contributed by atoms with van der Waals surface area (Å²) in [5.74, 6) is 0.368. The van der Waals surface area contributed by atoms with Crippen molar-refractivity contribution in [2.45, 2.75) is 0 Å². The maximum absolute atomic E-state index is 8.76. The highest BCUT2D eigenvalue weighted by Gasteiger charge is 2.04. The summed E-state index contributed by atoms with van der Waals surface area (Å²) in [4.78, 5) is 8.07. The van der Waals surface area contributed by atoms with E-state index in [0.29, 0.717) is 17.1 Å². The number of nitriles is 1. The number of benzene rings is 1. The Labute approximate surface area is 87.0 Å². The fourth-order valence-corrected chi connectivity index (χ4v) is 1.31. The van der Waals surface area contributed by atoms with Gasteiger partial charge in [0.1, 0.15) is 11.5 Å². The summed E-state index contributed by atoms with van der Waals surface area (Å²) in [6.07, 6.45) is 3.11. The van der Waals surface area contributed by atoms with Gasteiger partial charge in [-0.15, -0.1) is 0 Å². The van der Waals surface area contributed by atoms with E-state index in [4.69, 9.17) is 11.0 Å². The molecule has 0 atom stereocenters. The van der Waals surface area contributed by atoms with Crippen LogP contribution in [0.25, 0.3) is 11.3 Å². The summed E-state index contributed by atoms with van der Waals surface area (Å²) in [5, 5.41) is 8.76. The van der Waals surface area contributed by atoms with Gasteiger partial charge >= 0.3 is 0 Å². The van der Waals surface area contributed by atoms with Crippen LogP contribution in [0.5, 0.6) is 0 Å². The molecule has 0 unspecified atom stereocenters. The van der Waals surface area contributed by atoms with Crippen molar-refractivity contribution in [3.8, 4) is 17.3 Å². The highest BCUT2D eigenvalue weighted by molar-refractivity contribution is 5.70. The molecule has 0 aliphatic heterocycles. The molecule has 4 nitrogen and oxygen atoms in total. The standard InChI is InChI=1S/C11H8N4/c12-7-8-2-1-3-9(6-8)10-11(13)15-5-4-14-10/h1-6H,(H2,13,15). The smallest absolute Gasteiger partial charge is 0.149 e. The molecular weight excluding hydrogens is 188 g/mol. The molecule has 2 rings (SSSR count). The molecule has 0 amide bonds. The van der Waals surface area contributed by atoms with Crippen molar-refractivity contribution in [2.75, 3.05) is 5.73 Å². The second kappa shape index (κ2) is 3.76. The van der Waals surface area contributed by atoms with Gasteiger partial charge in [0.15, 0.2) is 0 Å². The summed E-state index contributed by atoms with van der Waals surface area (Å²) in [7, 11) is 0. The Kier molecular flexibility index (Phi) is 2.30. The molecule has 15 heavy (non-hydrogen) atoms. The fraction of sp³-hybridized carbons (Fsp3) is 0. The van der Waals surface area contributed by atoms with Gasteiger partial charge < -0.3 is 5.73 Å². The SMILES string of the molecule is N#Cc1cccc(-c2nccnc2N)c1. The Morgan fingerprint density at radius 1 is 1.20 bits per heavy atom. The molecular formula is C11H8N4. The minimum Gasteiger partial charge on any atom is -0.382 e. The van der Waals surface area contributed by atoms with Crippen LogP contribution >= 0.6 is 0 Å². The number of hydrogen-bond acceptors (Lipinski definition) is 4. The zero-order chi connectivity index (χ0) is 10.7. The van der Waals surface area contributed by atoms with Gasteiger partial charge in [0.2, 0.25) is 0 Å². The Balaban J connectivity index is 2.55. The molecule has 4 heteroatoms. The quantitative estimate of drug-likeness (QED) is 0.751. The van der Waals surface area contributed by atoms with Crippen molar-refractivity contribution in [1.82, 2.24) is 9.97 Å². The number of aromatic nitrogens is 2. The van der Waals surface area contributed by atoms with E-state index in [0.717, 1.165) is 5.56 Å². The molecule has 0 saturated carbocycles. The van der Waals surface area contributed by atoms with E-state index in [9.17, 15) is 0 Å². The van der Waals surface area contributed by atoms with Gasteiger partial charge in [-0.1, -0.05) is 12.1 Å². The van der Waals surface area contributed by atoms with Gasteiger partial charge in [-0.3, -0.25) is 4.98 Å². The highest BCUT2D eigenvalue weighted by atomic mass is 14.9. The Bertz CT molecular complexity index is 528. The van der Waals surface area contributed by atoms with E-state index in [2.05, 4.69) is 16.0 Å². The minimum atomic E-state index is 0.368. The second-order valence-electron chi connectivity index (χ2n) is 2.98. The number of anilines is 1. The Hall–Kier alpha value is -2.41. The maximum Gasteiger partial charge on any atom is 0.149 e. The number of rotatable bonds is 1. The van der Waals surface area contributed by atoms with Crippen LogP contribution in [0.4, 0.5) is 5.82 Å². The van der Waals surface area contributed by atoms with Gasteiger partial charge in [-0.2, -0.15) is 5.26 Å². The Morgan fingerprint density at radius 3 is 2.73 bits per heavy atom. The van der Waals surface area contributed by atoms with Gasteiger partial charge in [0, 0.05) is 18.0 Å². The van der Waals surface area contributed by atoms with Crippen LogP contribution in [-0.2, 0) is 0 Å². The third-order valence-corrected chi connectivity index (χ3v) is 1.99. The lowest BCUT2D eigenvalue weighted by Gasteiger charge is -2.02. The van der Waals surface area contributed by atoms with Crippen molar-refractivity contribution in [2.24, 2.45) is 0 Å². The second-order valence-corrected chi connectivity index (χ2v) is 2.98. The zero-order valence-corrected chi connectivity index (χ0v) is 7.88. The highest BCUT2D eigenvalue weighted by Crippen LogP contribution is 2.21. The molecule has 72 valence electrons. The molecule has 2 N–H and O–H groups in total. The first-order chi connectivity index (χ1) is 7.31. The molecule has 2 aromatic rings. The summed E-state index contributed by atoms with van der Waals surface area (Å²) >= 11 is 0. The summed E-state index contributed by atoms with van der Waals surface area (Å²) in [6, 6.07) is 9.18. The van der Waals surface area contributed by atoms with Crippen molar-refractivity contribution in [3.63, 3.8) is 0 Å². The Morgan fingerprint density at radius 2 is 2.00 bits per heavy atom. The average molecular weight is 196 g/mol. The van der Waals surface area contributed by atoms with Crippen LogP contribution in [-0.4, -0.2) is 9.97 Å². The van der Waals surface area contributed by atoms with Gasteiger partial charge in [-0.25, -0.2) is 4.98 Å². The lowest BCUT2D eigenvalue weighted by molar-refractivity contribution is 1.21. The largest absolute Gasteiger partial charge is 0.382 e. The average Bonchev–Trinajstić information content (AvgIpc) is 2.30. The van der Waals surface area contributed by atoms with Crippen LogP contribution in [0.1, 0.15) is 5.56 Å². The van der Waals surface area contributed by atoms with Crippen LogP contribution in [0.3, 0.4) is 0 Å². The van der Waals surface area contributed by atoms with E-state index < -0.39 is 0 Å². The summed E-state index contributed by atoms with van der Waals surface area (Å²) < 4.78 is 0. The first-order valence-corrected chi connectivity index (χ1v) is 4.38. The molecule has 1 aromatic heterocycles. The van der Waals surface area contributed by atoms with Crippen molar-refractivity contribution >= 4 is 5.82 Å². The minimum absolute atomic E-state index is 0.368. The lowest BCUT2D eigenvalue weighted by atomic mass is 10.1. The van der Waals surface area contributed by atoms with Crippen molar-refractivity contribution in [3.05, 3.63) is 42.2 Å². The monoisotopic (exact) mass is 196 g/mol. The maximum atomic E-state index is 8.76. The van der Waals surface area contributed by atoms with E-state index in [1.807, 2.05) is 6.07 Å². The molecule has 0 saturated heterocycles. The molecule has 0 aliphatic rings. The number of nitrogens with two attached hydrogens (primary N) is 1. The van der Waals surface area contributed by atoms with E-state index >= 15 is 0 Å². The van der Waals surface area contributed by atoms with Gasteiger partial charge in [0.05, 0.1) is 11.6 Å². The molecule has 0 radical (unpaired) electrons. The summed E-state index contributed by atoms with van der Waals surface area (Å²) in [5.41, 5.74) is 7.68. The van der Waals surface area contributed by atoms with Crippen LogP contribution < -0.4 is 5.73 Å². The van der Waals surface area contributed by atoms with E-state index in [1.54, 1.807) is 24.4 Å². The normalized spacial score (nSPS) is 9.53. The van der Waals surface area contributed by atoms with Gasteiger partial charge in [-0.05, 0) is 12.1 Å². The lowest BCUT2D eigenvalue weighted by Crippen LogP contribution is -1.95. The topological polar surface area (TPSA) is 75.6 Å². The van der Waals surface area contributed by atoms with E-state index in [-0.39, 0.29) is 0 Å². The van der Waals surface area contributed by atoms with Crippen LogP contribution in [0.2, 0.25) is 0 Å². The predicted octanol–water partition coefficient (Wildman–Crippen LogP) is 1.60. The third kappa shape index (κ3) is 1.76. The molecule has 1 heterocycles. The van der Waals surface area contributed by atoms with Crippen molar-refractivity contribution in [1.29, 1.82) is 5.26 Å². The third-order valence-electron chi connectivity index (χ3n) is 1.99. The first kappa shape index (κ1) is 9.16. The molecule has 0 bridgehead atoms. The van der Waals surface area contributed by atoms with Crippen LogP contribution in [0.15, 0.2) is 36.7 Å². The number of nitrogen functional groups attached to an aromatic ring is 1. The molecule has 0 aliphatic carbocycles. The van der Waals surface area contributed by atoms with Crippen LogP contribution in [0, 0.1) is 11.3 Å². The predicted molar refractivity (Wildman–Crippen MR) is 56.6 cm³/mol. The number of nitrogens with zero attached hydrogens (tertiary/aromatic N) is 3. The summed E-state index contributed by atoms with van der Waals surface area (Å²) in [6.45, 7) is 0. The molecule has 1 aromatic carbocycles. The van der Waals surface area contributed by atoms with Gasteiger partial charge in [0.25, 0.3) is 0 Å². The zero-order valence-electron chi connectivity index (χ0n) is 7.88. The fourth-order valence-electron chi connectivity index (χ4n) is 1.31. The molecule has 0 spiro atoms. The first-order valence-electron chi connectivity index (χ1n) is 4.38. The van der Waals surface area contributed by atoms with Crippen molar-refractivity contribution < 1.29 is 0 Å². The number of hydrogen-bond donors (Lipinski definition) is 1.